The van der Waals surface area contributed by atoms with Gasteiger partial charge in [-0.25, -0.2) is 0 Å². The lowest BCUT2D eigenvalue weighted by Gasteiger charge is -2.43. The van der Waals surface area contributed by atoms with Crippen molar-refractivity contribution >= 4 is 11.0 Å². The molecule has 3 atom stereocenters. The van der Waals surface area contributed by atoms with E-state index in [-0.39, 0.29) is 5.41 Å². The number of hydrogen-bond acceptors (Lipinski definition) is 2. The zero-order chi connectivity index (χ0) is 15.0. The van der Waals surface area contributed by atoms with E-state index in [1.165, 1.54) is 24.6 Å². The van der Waals surface area contributed by atoms with E-state index in [0.29, 0.717) is 12.0 Å². The maximum absolute atomic E-state index is 6.18. The SMILES string of the molecule is CNC1CC(C)CCC1C(C)(C)c1cc2ccccc2o1. The molecule has 21 heavy (non-hydrogen) atoms. The number of benzene rings is 1. The van der Waals surface area contributed by atoms with Gasteiger partial charge in [-0.2, -0.15) is 0 Å². The lowest BCUT2D eigenvalue weighted by molar-refractivity contribution is 0.137. The summed E-state index contributed by atoms with van der Waals surface area (Å²) >= 11 is 0. The van der Waals surface area contributed by atoms with Crippen molar-refractivity contribution in [1.29, 1.82) is 0 Å². The topological polar surface area (TPSA) is 25.2 Å². The van der Waals surface area contributed by atoms with Gasteiger partial charge >= 0.3 is 0 Å². The normalized spacial score (nSPS) is 27.1. The molecule has 2 nitrogen and oxygen atoms in total. The van der Waals surface area contributed by atoms with Crippen molar-refractivity contribution in [2.75, 3.05) is 7.05 Å². The average Bonchev–Trinajstić information content (AvgIpc) is 2.91. The van der Waals surface area contributed by atoms with E-state index in [1.54, 1.807) is 0 Å². The highest BCUT2D eigenvalue weighted by molar-refractivity contribution is 5.78. The van der Waals surface area contributed by atoms with Crippen LogP contribution in [0, 0.1) is 11.8 Å². The van der Waals surface area contributed by atoms with Crippen LogP contribution in [0.2, 0.25) is 0 Å². The third-order valence-corrected chi connectivity index (χ3v) is 5.47. The standard InChI is InChI=1S/C19H27NO/c1-13-9-10-15(16(11-13)20-4)19(2,3)18-12-14-7-5-6-8-17(14)21-18/h5-8,12-13,15-16,20H,9-11H2,1-4H3. The van der Waals surface area contributed by atoms with Crippen molar-refractivity contribution in [3.63, 3.8) is 0 Å². The zero-order valence-corrected chi connectivity index (χ0v) is 13.6. The Balaban J connectivity index is 1.94. The number of para-hydroxylation sites is 1. The molecule has 2 heteroatoms. The van der Waals surface area contributed by atoms with Gasteiger partial charge in [0.2, 0.25) is 0 Å². The molecular formula is C19H27NO. The summed E-state index contributed by atoms with van der Waals surface area (Å²) in [5.41, 5.74) is 1.07. The lowest BCUT2D eigenvalue weighted by atomic mass is 9.65. The van der Waals surface area contributed by atoms with Crippen molar-refractivity contribution in [1.82, 2.24) is 5.32 Å². The van der Waals surface area contributed by atoms with Crippen molar-refractivity contribution in [2.24, 2.45) is 11.8 Å². The first-order chi connectivity index (χ1) is 10.0. The number of nitrogens with one attached hydrogen (secondary N) is 1. The Bertz CT molecular complexity index is 580. The Morgan fingerprint density at radius 1 is 1.19 bits per heavy atom. The van der Waals surface area contributed by atoms with Crippen LogP contribution >= 0.6 is 0 Å². The molecule has 0 aliphatic heterocycles. The third-order valence-electron chi connectivity index (χ3n) is 5.47. The summed E-state index contributed by atoms with van der Waals surface area (Å²) in [7, 11) is 2.10. The van der Waals surface area contributed by atoms with Gasteiger partial charge < -0.3 is 9.73 Å². The minimum absolute atomic E-state index is 0.0623. The van der Waals surface area contributed by atoms with Crippen molar-refractivity contribution in [2.45, 2.75) is 51.5 Å². The van der Waals surface area contributed by atoms with Crippen LogP contribution in [0.5, 0.6) is 0 Å². The highest BCUT2D eigenvalue weighted by atomic mass is 16.3. The molecule has 1 aromatic heterocycles. The summed E-state index contributed by atoms with van der Waals surface area (Å²) in [5.74, 6) is 2.58. The molecule has 0 saturated heterocycles. The van der Waals surface area contributed by atoms with E-state index in [9.17, 15) is 0 Å². The van der Waals surface area contributed by atoms with Gasteiger partial charge in [0.15, 0.2) is 0 Å². The fraction of sp³-hybridized carbons (Fsp3) is 0.579. The Morgan fingerprint density at radius 2 is 1.95 bits per heavy atom. The van der Waals surface area contributed by atoms with Gasteiger partial charge in [-0.3, -0.25) is 0 Å². The van der Waals surface area contributed by atoms with Gasteiger partial charge in [-0.1, -0.05) is 45.4 Å². The summed E-state index contributed by atoms with van der Waals surface area (Å²) in [5, 5.41) is 4.77. The van der Waals surface area contributed by atoms with Crippen molar-refractivity contribution in [3.05, 3.63) is 36.1 Å². The molecule has 1 saturated carbocycles. The van der Waals surface area contributed by atoms with Crippen LogP contribution in [0.4, 0.5) is 0 Å². The van der Waals surface area contributed by atoms with Crippen LogP contribution in [0.15, 0.2) is 34.7 Å². The molecule has 114 valence electrons. The average molecular weight is 285 g/mol. The Hall–Kier alpha value is -1.28. The van der Waals surface area contributed by atoms with E-state index in [0.717, 1.165) is 17.3 Å². The van der Waals surface area contributed by atoms with E-state index in [4.69, 9.17) is 4.42 Å². The zero-order valence-electron chi connectivity index (χ0n) is 13.6. The van der Waals surface area contributed by atoms with Gasteiger partial charge in [0, 0.05) is 16.8 Å². The summed E-state index contributed by atoms with van der Waals surface area (Å²) in [6, 6.07) is 11.1. The second-order valence-electron chi connectivity index (χ2n) is 7.29. The second-order valence-corrected chi connectivity index (χ2v) is 7.29. The van der Waals surface area contributed by atoms with Crippen LogP contribution < -0.4 is 5.32 Å². The van der Waals surface area contributed by atoms with Crippen LogP contribution in [0.25, 0.3) is 11.0 Å². The van der Waals surface area contributed by atoms with Crippen LogP contribution in [-0.4, -0.2) is 13.1 Å². The monoisotopic (exact) mass is 285 g/mol. The molecule has 1 N–H and O–H groups in total. The Labute approximate surface area is 127 Å². The predicted octanol–water partition coefficient (Wildman–Crippen LogP) is 4.73. The molecule has 2 aromatic rings. The van der Waals surface area contributed by atoms with E-state index >= 15 is 0 Å². The number of furan rings is 1. The Kier molecular flexibility index (Phi) is 3.83. The third kappa shape index (κ3) is 2.62. The van der Waals surface area contributed by atoms with Gasteiger partial charge in [-0.05, 0) is 43.9 Å². The number of hydrogen-bond donors (Lipinski definition) is 1. The van der Waals surface area contributed by atoms with Crippen LogP contribution in [0.3, 0.4) is 0 Å². The van der Waals surface area contributed by atoms with Crippen molar-refractivity contribution in [3.8, 4) is 0 Å². The molecule has 1 heterocycles. The summed E-state index contributed by atoms with van der Waals surface area (Å²) in [6.07, 6.45) is 3.87. The van der Waals surface area contributed by atoms with Gasteiger partial charge in [-0.15, -0.1) is 0 Å². The van der Waals surface area contributed by atoms with Crippen LogP contribution in [0.1, 0.15) is 45.8 Å². The quantitative estimate of drug-likeness (QED) is 0.881. The smallest absolute Gasteiger partial charge is 0.134 e. The molecule has 0 bridgehead atoms. The molecular weight excluding hydrogens is 258 g/mol. The maximum atomic E-state index is 6.18. The summed E-state index contributed by atoms with van der Waals surface area (Å²) < 4.78 is 6.18. The fourth-order valence-electron chi connectivity index (χ4n) is 4.05. The van der Waals surface area contributed by atoms with Crippen molar-refractivity contribution < 1.29 is 4.42 Å². The van der Waals surface area contributed by atoms with E-state index in [1.807, 2.05) is 6.07 Å². The largest absolute Gasteiger partial charge is 0.460 e. The molecule has 0 spiro atoms. The van der Waals surface area contributed by atoms with E-state index < -0.39 is 0 Å². The first-order valence-corrected chi connectivity index (χ1v) is 8.18. The fourth-order valence-corrected chi connectivity index (χ4v) is 4.05. The minimum atomic E-state index is 0.0623. The second kappa shape index (κ2) is 5.49. The molecule has 1 aromatic carbocycles. The van der Waals surface area contributed by atoms with Gasteiger partial charge in [0.25, 0.3) is 0 Å². The van der Waals surface area contributed by atoms with Gasteiger partial charge in [0.1, 0.15) is 11.3 Å². The molecule has 1 fully saturated rings. The molecule has 0 amide bonds. The Morgan fingerprint density at radius 3 is 2.67 bits per heavy atom. The number of rotatable bonds is 3. The first-order valence-electron chi connectivity index (χ1n) is 8.18. The van der Waals surface area contributed by atoms with E-state index in [2.05, 4.69) is 57.4 Å². The van der Waals surface area contributed by atoms with Gasteiger partial charge in [0.05, 0.1) is 0 Å². The minimum Gasteiger partial charge on any atom is -0.460 e. The molecule has 1 aliphatic carbocycles. The predicted molar refractivity (Wildman–Crippen MR) is 88.6 cm³/mol. The molecule has 3 rings (SSSR count). The summed E-state index contributed by atoms with van der Waals surface area (Å²) in [6.45, 7) is 7.06. The number of fused-ring (bicyclic) bond motifs is 1. The first kappa shape index (κ1) is 14.6. The molecule has 3 unspecified atom stereocenters. The van der Waals surface area contributed by atoms with Crippen LogP contribution in [-0.2, 0) is 5.41 Å². The highest BCUT2D eigenvalue weighted by Gasteiger charge is 2.41. The molecule has 0 radical (unpaired) electrons. The lowest BCUT2D eigenvalue weighted by Crippen LogP contribution is -2.47. The highest BCUT2D eigenvalue weighted by Crippen LogP contribution is 2.43. The summed E-state index contributed by atoms with van der Waals surface area (Å²) in [4.78, 5) is 0. The maximum Gasteiger partial charge on any atom is 0.134 e. The molecule has 1 aliphatic rings.